The predicted octanol–water partition coefficient (Wildman–Crippen LogP) is 4.09. The molecule has 2 aromatic rings. The summed E-state index contributed by atoms with van der Waals surface area (Å²) in [5.74, 6) is -0.473. The smallest absolute Gasteiger partial charge is 0.317 e. The van der Waals surface area contributed by atoms with Gasteiger partial charge in [-0.05, 0) is 44.7 Å². The molecule has 0 spiro atoms. The monoisotopic (exact) mass is 365 g/mol. The standard InChI is InChI=1S/C23H27NO3/c1-22(2,3)24(16-18-10-6-4-7-11-18)20(25)17-27-21(26)23(14-15-23)19-12-8-5-9-13-19/h4-13H,14-17H2,1-3H3. The molecule has 4 heteroatoms. The number of amides is 1. The van der Waals surface area contributed by atoms with Crippen molar-refractivity contribution < 1.29 is 14.3 Å². The Hall–Kier alpha value is -2.62. The van der Waals surface area contributed by atoms with Crippen molar-refractivity contribution in [2.75, 3.05) is 6.61 Å². The Bertz CT molecular complexity index is 789. The van der Waals surface area contributed by atoms with Crippen molar-refractivity contribution in [1.82, 2.24) is 4.90 Å². The van der Waals surface area contributed by atoms with Crippen molar-refractivity contribution >= 4 is 11.9 Å². The highest BCUT2D eigenvalue weighted by molar-refractivity contribution is 5.89. The van der Waals surface area contributed by atoms with Crippen LogP contribution < -0.4 is 0 Å². The SMILES string of the molecule is CC(C)(C)N(Cc1ccccc1)C(=O)COC(=O)C1(c2ccccc2)CC1. The van der Waals surface area contributed by atoms with Gasteiger partial charge >= 0.3 is 5.97 Å². The van der Waals surface area contributed by atoms with Crippen LogP contribution in [0.15, 0.2) is 60.7 Å². The van der Waals surface area contributed by atoms with E-state index >= 15 is 0 Å². The normalized spacial score (nSPS) is 15.1. The third kappa shape index (κ3) is 4.38. The summed E-state index contributed by atoms with van der Waals surface area (Å²) in [5, 5.41) is 0. The molecule has 1 aliphatic carbocycles. The van der Waals surface area contributed by atoms with Gasteiger partial charge in [0.2, 0.25) is 0 Å². The Morgan fingerprint density at radius 1 is 0.963 bits per heavy atom. The first-order chi connectivity index (χ1) is 12.8. The van der Waals surface area contributed by atoms with Crippen LogP contribution in [0.5, 0.6) is 0 Å². The molecule has 1 aliphatic rings. The molecule has 0 aliphatic heterocycles. The fourth-order valence-electron chi connectivity index (χ4n) is 3.30. The first-order valence-corrected chi connectivity index (χ1v) is 9.40. The number of esters is 1. The van der Waals surface area contributed by atoms with E-state index < -0.39 is 5.41 Å². The molecule has 1 fully saturated rings. The fourth-order valence-corrected chi connectivity index (χ4v) is 3.30. The molecule has 1 amide bonds. The number of nitrogens with zero attached hydrogens (tertiary/aromatic N) is 1. The van der Waals surface area contributed by atoms with Crippen LogP contribution in [0.25, 0.3) is 0 Å². The van der Waals surface area contributed by atoms with E-state index in [4.69, 9.17) is 4.74 Å². The number of carbonyl (C=O) groups is 2. The molecular weight excluding hydrogens is 338 g/mol. The Kier molecular flexibility index (Phi) is 5.36. The lowest BCUT2D eigenvalue weighted by molar-refractivity contribution is -0.156. The molecule has 3 rings (SSSR count). The fraction of sp³-hybridized carbons (Fsp3) is 0.391. The second kappa shape index (κ2) is 7.55. The highest BCUT2D eigenvalue weighted by atomic mass is 16.5. The average Bonchev–Trinajstić information content (AvgIpc) is 3.46. The predicted molar refractivity (Wildman–Crippen MR) is 105 cm³/mol. The lowest BCUT2D eigenvalue weighted by Gasteiger charge is -2.36. The van der Waals surface area contributed by atoms with E-state index in [9.17, 15) is 9.59 Å². The van der Waals surface area contributed by atoms with Gasteiger partial charge in [-0.2, -0.15) is 0 Å². The lowest BCUT2D eigenvalue weighted by atomic mass is 9.96. The molecule has 1 saturated carbocycles. The molecule has 0 bridgehead atoms. The molecule has 142 valence electrons. The number of hydrogen-bond acceptors (Lipinski definition) is 3. The maximum absolute atomic E-state index is 12.8. The zero-order chi connectivity index (χ0) is 19.5. The number of benzene rings is 2. The Morgan fingerprint density at radius 2 is 1.52 bits per heavy atom. The van der Waals surface area contributed by atoms with Gasteiger partial charge in [0.05, 0.1) is 5.41 Å². The highest BCUT2D eigenvalue weighted by Gasteiger charge is 2.52. The van der Waals surface area contributed by atoms with Crippen LogP contribution in [-0.2, 0) is 26.3 Å². The third-order valence-corrected chi connectivity index (χ3v) is 5.09. The Morgan fingerprint density at radius 3 is 2.04 bits per heavy atom. The van der Waals surface area contributed by atoms with Crippen molar-refractivity contribution in [3.63, 3.8) is 0 Å². The van der Waals surface area contributed by atoms with Gasteiger partial charge in [0.1, 0.15) is 0 Å². The van der Waals surface area contributed by atoms with E-state index in [1.807, 2.05) is 81.4 Å². The maximum atomic E-state index is 12.8. The zero-order valence-corrected chi connectivity index (χ0v) is 16.3. The van der Waals surface area contributed by atoms with Crippen LogP contribution in [0.3, 0.4) is 0 Å². The van der Waals surface area contributed by atoms with Crippen LogP contribution in [0.2, 0.25) is 0 Å². The van der Waals surface area contributed by atoms with Gasteiger partial charge in [-0.15, -0.1) is 0 Å². The number of rotatable bonds is 6. The number of hydrogen-bond donors (Lipinski definition) is 0. The van der Waals surface area contributed by atoms with Crippen molar-refractivity contribution in [3.8, 4) is 0 Å². The number of carbonyl (C=O) groups excluding carboxylic acids is 2. The molecule has 0 saturated heterocycles. The van der Waals surface area contributed by atoms with Crippen LogP contribution in [0.4, 0.5) is 0 Å². The molecule has 0 unspecified atom stereocenters. The average molecular weight is 365 g/mol. The van der Waals surface area contributed by atoms with Gasteiger partial charge in [0.15, 0.2) is 6.61 Å². The second-order valence-electron chi connectivity index (χ2n) is 8.16. The Labute approximate surface area is 161 Å². The summed E-state index contributed by atoms with van der Waals surface area (Å²) in [7, 11) is 0. The molecule has 4 nitrogen and oxygen atoms in total. The van der Waals surface area contributed by atoms with Crippen molar-refractivity contribution in [2.24, 2.45) is 0 Å². The van der Waals surface area contributed by atoms with Gasteiger partial charge in [-0.1, -0.05) is 60.7 Å². The third-order valence-electron chi connectivity index (χ3n) is 5.09. The molecule has 0 radical (unpaired) electrons. The van der Waals surface area contributed by atoms with Crippen molar-refractivity contribution in [2.45, 2.75) is 51.1 Å². The van der Waals surface area contributed by atoms with E-state index in [0.717, 1.165) is 24.0 Å². The summed E-state index contributed by atoms with van der Waals surface area (Å²) in [4.78, 5) is 27.3. The van der Waals surface area contributed by atoms with Crippen LogP contribution in [-0.4, -0.2) is 28.9 Å². The summed E-state index contributed by atoms with van der Waals surface area (Å²) < 4.78 is 5.47. The summed E-state index contributed by atoms with van der Waals surface area (Å²) in [6, 6.07) is 19.5. The van der Waals surface area contributed by atoms with E-state index in [1.165, 1.54) is 0 Å². The minimum Gasteiger partial charge on any atom is -0.455 e. The zero-order valence-electron chi connectivity index (χ0n) is 16.3. The van der Waals surface area contributed by atoms with Crippen LogP contribution in [0, 0.1) is 0 Å². The van der Waals surface area contributed by atoms with E-state index in [2.05, 4.69) is 0 Å². The molecular formula is C23H27NO3. The molecule has 0 N–H and O–H groups in total. The minimum atomic E-state index is -0.562. The summed E-state index contributed by atoms with van der Waals surface area (Å²) in [5.41, 5.74) is 1.10. The topological polar surface area (TPSA) is 46.6 Å². The van der Waals surface area contributed by atoms with Gasteiger partial charge < -0.3 is 9.64 Å². The number of ether oxygens (including phenoxy) is 1. The summed E-state index contributed by atoms with van der Waals surface area (Å²) in [6.07, 6.45) is 1.55. The van der Waals surface area contributed by atoms with Crippen molar-refractivity contribution in [1.29, 1.82) is 0 Å². The van der Waals surface area contributed by atoms with E-state index in [-0.39, 0.29) is 24.0 Å². The molecule has 0 atom stereocenters. The highest BCUT2D eigenvalue weighted by Crippen LogP contribution is 2.49. The summed E-state index contributed by atoms with van der Waals surface area (Å²) in [6.45, 7) is 6.23. The minimum absolute atomic E-state index is 0.177. The van der Waals surface area contributed by atoms with Crippen LogP contribution in [0.1, 0.15) is 44.7 Å². The molecule has 2 aromatic carbocycles. The molecule has 0 aromatic heterocycles. The second-order valence-corrected chi connectivity index (χ2v) is 8.16. The Balaban J connectivity index is 1.65. The van der Waals surface area contributed by atoms with Gasteiger partial charge in [-0.25, -0.2) is 0 Å². The molecule has 0 heterocycles. The van der Waals surface area contributed by atoms with Gasteiger partial charge in [-0.3, -0.25) is 9.59 Å². The van der Waals surface area contributed by atoms with Crippen molar-refractivity contribution in [3.05, 3.63) is 71.8 Å². The maximum Gasteiger partial charge on any atom is 0.317 e. The quantitative estimate of drug-likeness (QED) is 0.725. The van der Waals surface area contributed by atoms with Gasteiger partial charge in [0, 0.05) is 12.1 Å². The van der Waals surface area contributed by atoms with Crippen LogP contribution >= 0.6 is 0 Å². The first kappa shape index (κ1) is 19.2. The largest absolute Gasteiger partial charge is 0.455 e. The van der Waals surface area contributed by atoms with E-state index in [0.29, 0.717) is 6.54 Å². The lowest BCUT2D eigenvalue weighted by Crippen LogP contribution is -2.47. The summed E-state index contributed by atoms with van der Waals surface area (Å²) >= 11 is 0. The molecule has 27 heavy (non-hydrogen) atoms. The first-order valence-electron chi connectivity index (χ1n) is 9.40. The van der Waals surface area contributed by atoms with E-state index in [1.54, 1.807) is 4.90 Å². The van der Waals surface area contributed by atoms with Gasteiger partial charge in [0.25, 0.3) is 5.91 Å².